The monoisotopic (exact) mass is 602 g/mol. The molecule has 43 heavy (non-hydrogen) atoms. The summed E-state index contributed by atoms with van der Waals surface area (Å²) < 4.78 is -0.576. The molecule has 1 aliphatic heterocycles. The minimum absolute atomic E-state index is 0.224. The molecule has 4 N–H and O–H groups in total. The van der Waals surface area contributed by atoms with E-state index in [-0.39, 0.29) is 18.2 Å². The van der Waals surface area contributed by atoms with E-state index in [0.717, 1.165) is 22.3 Å². The number of thioether (sulfide) groups is 1. The lowest BCUT2D eigenvalue weighted by molar-refractivity contribution is -0.147. The van der Waals surface area contributed by atoms with E-state index in [1.165, 1.54) is 16.7 Å². The molecular weight excluding hydrogens is 560 g/mol. The first kappa shape index (κ1) is 32.1. The predicted molar refractivity (Wildman–Crippen MR) is 173 cm³/mol. The second kappa shape index (κ2) is 14.1. The van der Waals surface area contributed by atoms with Crippen molar-refractivity contribution < 1.29 is 19.5 Å². The maximum absolute atomic E-state index is 13.9. The lowest BCUT2D eigenvalue weighted by Gasteiger charge is -2.33. The standard InChI is InChI=1S/C34H42N4O4S/c1-22(2)25-15-17-27(18-16-25)36-33(42)37-28(19-24-12-7-6-8-13-24)29(39)32(41)38-21-43-34(4,5)30(38)31(40)35-20-26-14-10-9-11-23(26)3/h6-18,22,28-30,39H,19-21H2,1-5H3,(H,35,40)(H2,36,37,42). The number of anilines is 1. The number of hydrogen-bond donors (Lipinski definition) is 4. The number of carbonyl (C=O) groups is 3. The number of urea groups is 1. The van der Waals surface area contributed by atoms with Crippen LogP contribution in [0.5, 0.6) is 0 Å². The molecule has 0 aromatic heterocycles. The molecule has 0 radical (unpaired) electrons. The average Bonchev–Trinajstić information content (AvgIpc) is 3.31. The van der Waals surface area contributed by atoms with Crippen LogP contribution in [0.3, 0.4) is 0 Å². The normalized spacial score (nSPS) is 17.3. The van der Waals surface area contributed by atoms with E-state index in [0.29, 0.717) is 18.2 Å². The van der Waals surface area contributed by atoms with Crippen molar-refractivity contribution >= 4 is 35.3 Å². The molecule has 4 rings (SSSR count). The van der Waals surface area contributed by atoms with E-state index in [4.69, 9.17) is 0 Å². The molecule has 4 amide bonds. The highest BCUT2D eigenvalue weighted by Crippen LogP contribution is 2.40. The highest BCUT2D eigenvalue weighted by Gasteiger charge is 2.49. The lowest BCUT2D eigenvalue weighted by atomic mass is 9.97. The largest absolute Gasteiger partial charge is 0.381 e. The fourth-order valence-electron chi connectivity index (χ4n) is 5.24. The maximum atomic E-state index is 13.9. The van der Waals surface area contributed by atoms with Crippen molar-refractivity contribution in [2.45, 2.75) is 76.4 Å². The Bertz CT molecular complexity index is 1410. The van der Waals surface area contributed by atoms with Gasteiger partial charge in [0.05, 0.1) is 11.9 Å². The summed E-state index contributed by atoms with van der Waals surface area (Å²) in [7, 11) is 0. The lowest BCUT2D eigenvalue weighted by Crippen LogP contribution is -2.59. The third kappa shape index (κ3) is 8.18. The first-order chi connectivity index (χ1) is 20.5. The van der Waals surface area contributed by atoms with Gasteiger partial charge < -0.3 is 26.0 Å². The summed E-state index contributed by atoms with van der Waals surface area (Å²) in [6.07, 6.45) is -1.35. The second-order valence-corrected chi connectivity index (χ2v) is 13.4. The number of aryl methyl sites for hydroxylation is 1. The summed E-state index contributed by atoms with van der Waals surface area (Å²) >= 11 is 1.48. The molecule has 0 saturated carbocycles. The second-order valence-electron chi connectivity index (χ2n) is 11.8. The summed E-state index contributed by atoms with van der Waals surface area (Å²) in [6.45, 7) is 10.4. The van der Waals surface area contributed by atoms with E-state index in [1.807, 2.05) is 99.6 Å². The summed E-state index contributed by atoms with van der Waals surface area (Å²) in [5.74, 6) is -0.274. The summed E-state index contributed by atoms with van der Waals surface area (Å²) in [5.41, 5.74) is 4.66. The van der Waals surface area contributed by atoms with Gasteiger partial charge in [0.2, 0.25) is 5.91 Å². The van der Waals surface area contributed by atoms with Crippen LogP contribution < -0.4 is 16.0 Å². The van der Waals surface area contributed by atoms with Crippen LogP contribution in [0, 0.1) is 6.92 Å². The molecular formula is C34H42N4O4S. The number of hydrogen-bond acceptors (Lipinski definition) is 5. The molecule has 0 aliphatic carbocycles. The number of aliphatic hydroxyl groups is 1. The fourth-order valence-corrected chi connectivity index (χ4v) is 6.38. The zero-order valence-corrected chi connectivity index (χ0v) is 26.3. The molecule has 3 unspecified atom stereocenters. The van der Waals surface area contributed by atoms with Crippen molar-refractivity contribution in [3.05, 3.63) is 101 Å². The summed E-state index contributed by atoms with van der Waals surface area (Å²) in [4.78, 5) is 41.9. The van der Waals surface area contributed by atoms with Crippen LogP contribution in [0.2, 0.25) is 0 Å². The Labute approximate surface area is 258 Å². The van der Waals surface area contributed by atoms with E-state index in [1.54, 1.807) is 0 Å². The Morgan fingerprint density at radius 1 is 0.977 bits per heavy atom. The van der Waals surface area contributed by atoms with Gasteiger partial charge in [0.1, 0.15) is 6.04 Å². The molecule has 1 aliphatic rings. The Kier molecular flexibility index (Phi) is 10.5. The fraction of sp³-hybridized carbons (Fsp3) is 0.382. The Hall–Kier alpha value is -3.82. The van der Waals surface area contributed by atoms with Crippen molar-refractivity contribution in [1.29, 1.82) is 0 Å². The van der Waals surface area contributed by atoms with Gasteiger partial charge in [-0.05, 0) is 67.5 Å². The van der Waals surface area contributed by atoms with Gasteiger partial charge in [-0.15, -0.1) is 11.8 Å². The topological polar surface area (TPSA) is 111 Å². The zero-order valence-electron chi connectivity index (χ0n) is 25.5. The first-order valence-corrected chi connectivity index (χ1v) is 15.6. The highest BCUT2D eigenvalue weighted by molar-refractivity contribution is 8.00. The van der Waals surface area contributed by atoms with Crippen LogP contribution in [0.4, 0.5) is 10.5 Å². The van der Waals surface area contributed by atoms with E-state index < -0.39 is 34.9 Å². The third-order valence-electron chi connectivity index (χ3n) is 7.88. The van der Waals surface area contributed by atoms with Crippen molar-refractivity contribution in [3.8, 4) is 0 Å². The number of carbonyl (C=O) groups excluding carboxylic acids is 3. The molecule has 1 fully saturated rings. The summed E-state index contributed by atoms with van der Waals surface area (Å²) in [5, 5.41) is 20.1. The number of nitrogens with one attached hydrogen (secondary N) is 3. The average molecular weight is 603 g/mol. The van der Waals surface area contributed by atoms with Crippen LogP contribution >= 0.6 is 11.8 Å². The third-order valence-corrected chi connectivity index (χ3v) is 9.25. The zero-order chi connectivity index (χ0) is 31.1. The van der Waals surface area contributed by atoms with Crippen molar-refractivity contribution in [2.75, 3.05) is 11.2 Å². The van der Waals surface area contributed by atoms with E-state index in [2.05, 4.69) is 29.8 Å². The smallest absolute Gasteiger partial charge is 0.319 e. The molecule has 3 aromatic carbocycles. The number of amides is 4. The minimum Gasteiger partial charge on any atom is -0.381 e. The maximum Gasteiger partial charge on any atom is 0.319 e. The summed E-state index contributed by atoms with van der Waals surface area (Å²) in [6, 6.07) is 22.5. The molecule has 8 nitrogen and oxygen atoms in total. The van der Waals surface area contributed by atoms with Gasteiger partial charge in [-0.3, -0.25) is 9.59 Å². The van der Waals surface area contributed by atoms with Gasteiger partial charge in [0.25, 0.3) is 5.91 Å². The first-order valence-electron chi connectivity index (χ1n) is 14.6. The molecule has 228 valence electrons. The Morgan fingerprint density at radius 2 is 1.63 bits per heavy atom. The van der Waals surface area contributed by atoms with Gasteiger partial charge in [0.15, 0.2) is 6.10 Å². The molecule has 9 heteroatoms. The molecule has 3 aromatic rings. The quantitative estimate of drug-likeness (QED) is 0.255. The van der Waals surface area contributed by atoms with Gasteiger partial charge in [-0.25, -0.2) is 4.79 Å². The predicted octanol–water partition coefficient (Wildman–Crippen LogP) is 5.21. The van der Waals surface area contributed by atoms with Crippen molar-refractivity contribution in [1.82, 2.24) is 15.5 Å². The van der Waals surface area contributed by atoms with Crippen LogP contribution in [-0.4, -0.2) is 56.7 Å². The molecule has 1 heterocycles. The van der Waals surface area contributed by atoms with Crippen LogP contribution in [0.1, 0.15) is 55.9 Å². The van der Waals surface area contributed by atoms with Gasteiger partial charge in [-0.2, -0.15) is 0 Å². The number of rotatable bonds is 10. The molecule has 3 atom stereocenters. The molecule has 1 saturated heterocycles. The van der Waals surface area contributed by atoms with Gasteiger partial charge in [-0.1, -0.05) is 80.6 Å². The van der Waals surface area contributed by atoms with Crippen molar-refractivity contribution in [3.63, 3.8) is 0 Å². The minimum atomic E-state index is -1.57. The number of benzene rings is 3. The number of aliphatic hydroxyl groups excluding tert-OH is 1. The van der Waals surface area contributed by atoms with Crippen LogP contribution in [-0.2, 0) is 22.6 Å². The SMILES string of the molecule is Cc1ccccc1CNC(=O)C1N(C(=O)C(O)C(Cc2ccccc2)NC(=O)Nc2ccc(C(C)C)cc2)CSC1(C)C. The number of nitrogens with zero attached hydrogens (tertiary/aromatic N) is 1. The van der Waals surface area contributed by atoms with Crippen LogP contribution in [0.25, 0.3) is 0 Å². The molecule has 0 spiro atoms. The Balaban J connectivity index is 1.50. The Morgan fingerprint density at radius 3 is 2.28 bits per heavy atom. The van der Waals surface area contributed by atoms with E-state index >= 15 is 0 Å². The van der Waals surface area contributed by atoms with Crippen molar-refractivity contribution in [2.24, 2.45) is 0 Å². The highest BCUT2D eigenvalue weighted by atomic mass is 32.2. The van der Waals surface area contributed by atoms with E-state index in [9.17, 15) is 19.5 Å². The molecule has 0 bridgehead atoms. The van der Waals surface area contributed by atoms with Gasteiger partial charge in [0, 0.05) is 17.0 Å². The van der Waals surface area contributed by atoms with Crippen LogP contribution in [0.15, 0.2) is 78.9 Å². The van der Waals surface area contributed by atoms with Gasteiger partial charge >= 0.3 is 6.03 Å².